The molecule has 0 atom stereocenters. The summed E-state index contributed by atoms with van der Waals surface area (Å²) in [4.78, 5) is 28.3. The smallest absolute Gasteiger partial charge is 0.321 e. The summed E-state index contributed by atoms with van der Waals surface area (Å²) < 4.78 is 5.12. The lowest BCUT2D eigenvalue weighted by Gasteiger charge is -2.24. The third-order valence-electron chi connectivity index (χ3n) is 5.70. The predicted molar refractivity (Wildman–Crippen MR) is 149 cm³/mol. The molecular formula is C31H30N2O3S. The van der Waals surface area contributed by atoms with Crippen LogP contribution in [0.5, 0.6) is 5.75 Å². The van der Waals surface area contributed by atoms with Crippen molar-refractivity contribution in [3.63, 3.8) is 0 Å². The van der Waals surface area contributed by atoms with E-state index in [0.29, 0.717) is 18.8 Å². The molecule has 4 aromatic rings. The fourth-order valence-corrected chi connectivity index (χ4v) is 4.75. The van der Waals surface area contributed by atoms with Crippen LogP contribution in [0.4, 0.5) is 10.5 Å². The number of nitrogens with zero attached hydrogens (tertiary/aromatic N) is 1. The van der Waals surface area contributed by atoms with Crippen molar-refractivity contribution in [2.75, 3.05) is 18.0 Å². The summed E-state index contributed by atoms with van der Waals surface area (Å²) in [6.07, 6.45) is 1.53. The van der Waals surface area contributed by atoms with Gasteiger partial charge in [0.15, 0.2) is 0 Å². The van der Waals surface area contributed by atoms with Gasteiger partial charge in [0.05, 0.1) is 0 Å². The van der Waals surface area contributed by atoms with Gasteiger partial charge in [-0.05, 0) is 66.4 Å². The summed E-state index contributed by atoms with van der Waals surface area (Å²) in [6, 6.07) is 35.6. The number of rotatable bonds is 10. The normalized spacial score (nSPS) is 10.5. The average Bonchev–Trinajstić information content (AvgIpc) is 2.91. The van der Waals surface area contributed by atoms with Gasteiger partial charge in [0, 0.05) is 35.5 Å². The largest absolute Gasteiger partial charge is 0.427 e. The molecule has 0 aliphatic heterocycles. The molecule has 0 fully saturated rings. The Morgan fingerprint density at radius 1 is 0.757 bits per heavy atom. The lowest BCUT2D eigenvalue weighted by atomic mass is 10.1. The van der Waals surface area contributed by atoms with Gasteiger partial charge in [-0.15, -0.1) is 0 Å². The van der Waals surface area contributed by atoms with Gasteiger partial charge in [-0.1, -0.05) is 78.5 Å². The summed E-state index contributed by atoms with van der Waals surface area (Å²) in [5.41, 5.74) is 3.22. The fourth-order valence-electron chi connectivity index (χ4n) is 3.88. The molecule has 4 aromatic carbocycles. The zero-order valence-electron chi connectivity index (χ0n) is 20.8. The topological polar surface area (TPSA) is 58.6 Å². The Morgan fingerprint density at radius 2 is 1.41 bits per heavy atom. The number of esters is 1. The molecule has 0 saturated carbocycles. The van der Waals surface area contributed by atoms with E-state index in [1.54, 1.807) is 23.9 Å². The SMILES string of the molecule is CC(=O)Oc1ccc(Sc2cccc(N(CCc3ccccc3)C(=O)NCCc3ccccc3)c2)cc1. The molecule has 0 saturated heterocycles. The van der Waals surface area contributed by atoms with Crippen molar-refractivity contribution in [1.29, 1.82) is 0 Å². The molecule has 0 aromatic heterocycles. The maximum absolute atomic E-state index is 13.3. The number of amides is 2. The molecule has 6 heteroatoms. The number of carbonyl (C=O) groups excluding carboxylic acids is 2. The highest BCUT2D eigenvalue weighted by molar-refractivity contribution is 7.99. The quantitative estimate of drug-likeness (QED) is 0.189. The summed E-state index contributed by atoms with van der Waals surface area (Å²) >= 11 is 1.59. The fraction of sp³-hybridized carbons (Fsp3) is 0.161. The van der Waals surface area contributed by atoms with Crippen LogP contribution < -0.4 is 15.0 Å². The number of anilines is 1. The van der Waals surface area contributed by atoms with Gasteiger partial charge in [-0.2, -0.15) is 0 Å². The van der Waals surface area contributed by atoms with E-state index in [2.05, 4.69) is 29.6 Å². The summed E-state index contributed by atoms with van der Waals surface area (Å²) in [5.74, 6) is 0.176. The molecule has 0 heterocycles. The number of hydrogen-bond acceptors (Lipinski definition) is 4. The minimum Gasteiger partial charge on any atom is -0.427 e. The molecule has 37 heavy (non-hydrogen) atoms. The second-order valence-electron chi connectivity index (χ2n) is 8.52. The number of carbonyl (C=O) groups is 2. The molecule has 0 aliphatic carbocycles. The zero-order chi connectivity index (χ0) is 25.9. The summed E-state index contributed by atoms with van der Waals surface area (Å²) in [6.45, 7) is 2.51. The van der Waals surface area contributed by atoms with Crippen LogP contribution in [-0.4, -0.2) is 25.1 Å². The van der Waals surface area contributed by atoms with Gasteiger partial charge in [0.2, 0.25) is 0 Å². The number of hydrogen-bond donors (Lipinski definition) is 1. The molecule has 0 spiro atoms. The molecule has 0 aliphatic rings. The predicted octanol–water partition coefficient (Wildman–Crippen LogP) is 6.76. The maximum Gasteiger partial charge on any atom is 0.321 e. The first-order valence-electron chi connectivity index (χ1n) is 12.3. The van der Waals surface area contributed by atoms with Crippen molar-refractivity contribution >= 4 is 29.4 Å². The van der Waals surface area contributed by atoms with Crippen molar-refractivity contribution < 1.29 is 14.3 Å². The first kappa shape index (κ1) is 26.0. The molecular weight excluding hydrogens is 480 g/mol. The monoisotopic (exact) mass is 510 g/mol. The number of nitrogens with one attached hydrogen (secondary N) is 1. The second kappa shape index (κ2) is 13.3. The number of ether oxygens (including phenoxy) is 1. The lowest BCUT2D eigenvalue weighted by Crippen LogP contribution is -2.42. The van der Waals surface area contributed by atoms with Gasteiger partial charge in [-0.3, -0.25) is 9.69 Å². The van der Waals surface area contributed by atoms with Crippen molar-refractivity contribution in [1.82, 2.24) is 5.32 Å². The van der Waals surface area contributed by atoms with Gasteiger partial charge in [-0.25, -0.2) is 4.79 Å². The lowest BCUT2D eigenvalue weighted by molar-refractivity contribution is -0.131. The molecule has 0 radical (unpaired) electrons. The minimum atomic E-state index is -0.342. The second-order valence-corrected chi connectivity index (χ2v) is 9.67. The molecule has 1 N–H and O–H groups in total. The Labute approximate surface area is 222 Å². The highest BCUT2D eigenvalue weighted by atomic mass is 32.2. The van der Waals surface area contributed by atoms with E-state index in [1.807, 2.05) is 77.7 Å². The molecule has 188 valence electrons. The van der Waals surface area contributed by atoms with Gasteiger partial charge in [0.1, 0.15) is 5.75 Å². The highest BCUT2D eigenvalue weighted by Gasteiger charge is 2.16. The van der Waals surface area contributed by atoms with Gasteiger partial charge < -0.3 is 10.1 Å². The molecule has 5 nitrogen and oxygen atoms in total. The van der Waals surface area contributed by atoms with Crippen LogP contribution in [0.3, 0.4) is 0 Å². The highest BCUT2D eigenvalue weighted by Crippen LogP contribution is 2.31. The zero-order valence-corrected chi connectivity index (χ0v) is 21.6. The molecule has 2 amide bonds. The number of benzene rings is 4. The van der Waals surface area contributed by atoms with Gasteiger partial charge in [0.25, 0.3) is 0 Å². The van der Waals surface area contributed by atoms with E-state index in [1.165, 1.54) is 18.1 Å². The summed E-state index contributed by atoms with van der Waals surface area (Å²) in [7, 11) is 0. The van der Waals surface area contributed by atoms with Crippen LogP contribution in [0.15, 0.2) is 119 Å². The third kappa shape index (κ3) is 8.26. The Morgan fingerprint density at radius 3 is 2.05 bits per heavy atom. The van der Waals surface area contributed by atoms with Crippen LogP contribution in [0.1, 0.15) is 18.1 Å². The van der Waals surface area contributed by atoms with Crippen molar-refractivity contribution in [2.45, 2.75) is 29.6 Å². The third-order valence-corrected chi connectivity index (χ3v) is 6.69. The Kier molecular flexibility index (Phi) is 9.38. The van der Waals surface area contributed by atoms with E-state index < -0.39 is 0 Å². The molecule has 0 bridgehead atoms. The van der Waals surface area contributed by atoms with E-state index in [-0.39, 0.29) is 12.0 Å². The molecule has 0 unspecified atom stereocenters. The van der Waals surface area contributed by atoms with E-state index in [0.717, 1.165) is 28.3 Å². The standard InChI is InChI=1S/C31H30N2O3S/c1-24(34)36-28-15-17-29(18-16-28)37-30-14-8-13-27(23-30)33(22-20-26-11-6-3-7-12-26)31(35)32-21-19-25-9-4-2-5-10-25/h2-18,23H,19-22H2,1H3,(H,32,35). The van der Waals surface area contributed by atoms with E-state index >= 15 is 0 Å². The van der Waals surface area contributed by atoms with Crippen molar-refractivity contribution in [3.8, 4) is 5.75 Å². The molecule has 4 rings (SSSR count). The Bertz CT molecular complexity index is 1300. The first-order chi connectivity index (χ1) is 18.1. The van der Waals surface area contributed by atoms with Crippen LogP contribution >= 0.6 is 11.8 Å². The van der Waals surface area contributed by atoms with E-state index in [9.17, 15) is 9.59 Å². The maximum atomic E-state index is 13.3. The number of urea groups is 1. The Hall–Kier alpha value is -4.03. The average molecular weight is 511 g/mol. The first-order valence-corrected chi connectivity index (χ1v) is 13.1. The van der Waals surface area contributed by atoms with Crippen LogP contribution in [0.2, 0.25) is 0 Å². The van der Waals surface area contributed by atoms with Crippen LogP contribution in [0.25, 0.3) is 0 Å². The van der Waals surface area contributed by atoms with E-state index in [4.69, 9.17) is 4.74 Å². The van der Waals surface area contributed by atoms with Crippen molar-refractivity contribution in [3.05, 3.63) is 120 Å². The Balaban J connectivity index is 1.46. The summed E-state index contributed by atoms with van der Waals surface area (Å²) in [5, 5.41) is 3.10. The van der Waals surface area contributed by atoms with Gasteiger partial charge >= 0.3 is 12.0 Å². The van der Waals surface area contributed by atoms with Crippen molar-refractivity contribution in [2.24, 2.45) is 0 Å². The minimum absolute atomic E-state index is 0.111. The van der Waals surface area contributed by atoms with Crippen LogP contribution in [0, 0.1) is 0 Å². The van der Waals surface area contributed by atoms with Crippen LogP contribution in [-0.2, 0) is 17.6 Å².